The molecule has 7 heteroatoms. The van der Waals surface area contributed by atoms with Gasteiger partial charge in [0.2, 0.25) is 0 Å². The Morgan fingerprint density at radius 2 is 1.85 bits per heavy atom. The summed E-state index contributed by atoms with van der Waals surface area (Å²) in [7, 11) is 5.03. The second kappa shape index (κ2) is 5.46. The predicted octanol–water partition coefficient (Wildman–Crippen LogP) is -0.584. The number of aromatic nitrogens is 4. The van der Waals surface area contributed by atoms with E-state index in [1.165, 1.54) is 17.7 Å². The molecule has 0 aliphatic carbocycles. The normalized spacial score (nSPS) is 11.0. The molecule has 20 heavy (non-hydrogen) atoms. The maximum Gasteiger partial charge on any atom is 0.330 e. The Labute approximate surface area is 116 Å². The molecule has 0 saturated heterocycles. The summed E-state index contributed by atoms with van der Waals surface area (Å²) >= 11 is 0. The summed E-state index contributed by atoms with van der Waals surface area (Å²) in [6.45, 7) is 3.09. The van der Waals surface area contributed by atoms with Gasteiger partial charge in [-0.3, -0.25) is 18.6 Å². The maximum atomic E-state index is 11.8. The van der Waals surface area contributed by atoms with Crippen molar-refractivity contribution >= 4 is 0 Å². The third-order valence-corrected chi connectivity index (χ3v) is 3.58. The highest BCUT2D eigenvalue weighted by Gasteiger charge is 2.07. The molecule has 2 aromatic heterocycles. The van der Waals surface area contributed by atoms with Crippen molar-refractivity contribution in [2.75, 3.05) is 0 Å². The summed E-state index contributed by atoms with van der Waals surface area (Å²) in [4.78, 5) is 23.4. The number of nitrogens with zero attached hydrogens (tertiary/aromatic N) is 4. The van der Waals surface area contributed by atoms with Crippen molar-refractivity contribution in [2.24, 2.45) is 21.1 Å². The first-order valence-electron chi connectivity index (χ1n) is 6.36. The topological polar surface area (TPSA) is 73.8 Å². The Morgan fingerprint density at radius 3 is 2.45 bits per heavy atom. The van der Waals surface area contributed by atoms with Crippen LogP contribution in [0.4, 0.5) is 0 Å². The molecular formula is C13H19N5O2. The van der Waals surface area contributed by atoms with Crippen molar-refractivity contribution in [3.63, 3.8) is 0 Å². The minimum Gasteiger partial charge on any atom is -0.307 e. The highest BCUT2D eigenvalue weighted by molar-refractivity contribution is 5.15. The van der Waals surface area contributed by atoms with Crippen LogP contribution in [-0.4, -0.2) is 18.9 Å². The average Bonchev–Trinajstić information content (AvgIpc) is 2.74. The lowest BCUT2D eigenvalue weighted by molar-refractivity contribution is 0.599. The van der Waals surface area contributed by atoms with Crippen molar-refractivity contribution in [2.45, 2.75) is 20.0 Å². The first-order valence-corrected chi connectivity index (χ1v) is 6.36. The molecule has 2 aromatic rings. The summed E-state index contributed by atoms with van der Waals surface area (Å²) in [6.07, 6.45) is 1.81. The summed E-state index contributed by atoms with van der Waals surface area (Å²) in [5.74, 6) is 0. The Hall–Kier alpha value is -2.15. The van der Waals surface area contributed by atoms with Gasteiger partial charge in [0.05, 0.1) is 6.20 Å². The zero-order chi connectivity index (χ0) is 14.9. The van der Waals surface area contributed by atoms with E-state index in [0.29, 0.717) is 18.8 Å². The van der Waals surface area contributed by atoms with Gasteiger partial charge >= 0.3 is 5.69 Å². The first kappa shape index (κ1) is 14.3. The molecule has 0 fully saturated rings. The van der Waals surface area contributed by atoms with Crippen molar-refractivity contribution in [1.29, 1.82) is 0 Å². The minimum atomic E-state index is -0.313. The van der Waals surface area contributed by atoms with Crippen molar-refractivity contribution in [1.82, 2.24) is 24.2 Å². The number of hydrogen-bond acceptors (Lipinski definition) is 4. The van der Waals surface area contributed by atoms with Gasteiger partial charge in [0.1, 0.15) is 0 Å². The van der Waals surface area contributed by atoms with E-state index in [1.54, 1.807) is 7.05 Å². The quantitative estimate of drug-likeness (QED) is 0.811. The van der Waals surface area contributed by atoms with Crippen LogP contribution in [0.15, 0.2) is 21.9 Å². The smallest absolute Gasteiger partial charge is 0.307 e. The SMILES string of the molecule is Cc1c(CNCc2cc(=O)n(C)c(=O)n2C)cnn1C. The molecular weight excluding hydrogens is 258 g/mol. The summed E-state index contributed by atoms with van der Waals surface area (Å²) in [5.41, 5.74) is 2.26. The lowest BCUT2D eigenvalue weighted by atomic mass is 10.2. The van der Waals surface area contributed by atoms with Crippen LogP contribution in [0.5, 0.6) is 0 Å². The van der Waals surface area contributed by atoms with Gasteiger partial charge in [-0.1, -0.05) is 0 Å². The molecule has 7 nitrogen and oxygen atoms in total. The Kier molecular flexibility index (Phi) is 3.89. The Morgan fingerprint density at radius 1 is 1.15 bits per heavy atom. The highest BCUT2D eigenvalue weighted by atomic mass is 16.2. The zero-order valence-electron chi connectivity index (χ0n) is 12.2. The third-order valence-electron chi connectivity index (χ3n) is 3.58. The molecule has 0 amide bonds. The van der Waals surface area contributed by atoms with E-state index in [2.05, 4.69) is 10.4 Å². The predicted molar refractivity (Wildman–Crippen MR) is 75.4 cm³/mol. The molecule has 1 N–H and O–H groups in total. The van der Waals surface area contributed by atoms with Gasteiger partial charge in [-0.2, -0.15) is 5.10 Å². The van der Waals surface area contributed by atoms with Crippen molar-refractivity contribution < 1.29 is 0 Å². The number of hydrogen-bond donors (Lipinski definition) is 1. The standard InChI is InChI=1S/C13H19N5O2/c1-9-10(7-15-18(9)4)6-14-8-11-5-12(19)17(3)13(20)16(11)2/h5,7,14H,6,8H2,1-4H3. The van der Waals surface area contributed by atoms with Crippen molar-refractivity contribution in [3.8, 4) is 0 Å². The molecule has 0 atom stereocenters. The monoisotopic (exact) mass is 277 g/mol. The van der Waals surface area contributed by atoms with Crippen LogP contribution in [0.25, 0.3) is 0 Å². The van der Waals surface area contributed by atoms with Crippen LogP contribution in [0.2, 0.25) is 0 Å². The number of aryl methyl sites for hydroxylation is 1. The average molecular weight is 277 g/mol. The highest BCUT2D eigenvalue weighted by Crippen LogP contribution is 2.05. The van der Waals surface area contributed by atoms with Crippen LogP contribution < -0.4 is 16.6 Å². The van der Waals surface area contributed by atoms with Gasteiger partial charge in [-0.15, -0.1) is 0 Å². The summed E-state index contributed by atoms with van der Waals surface area (Å²) in [5, 5.41) is 7.39. The second-order valence-corrected chi connectivity index (χ2v) is 4.86. The molecule has 0 spiro atoms. The fourth-order valence-electron chi connectivity index (χ4n) is 1.99. The van der Waals surface area contributed by atoms with Crippen LogP contribution in [0.3, 0.4) is 0 Å². The van der Waals surface area contributed by atoms with E-state index in [9.17, 15) is 9.59 Å². The lowest BCUT2D eigenvalue weighted by Gasteiger charge is -2.10. The van der Waals surface area contributed by atoms with Crippen LogP contribution in [0.1, 0.15) is 17.0 Å². The summed E-state index contributed by atoms with van der Waals surface area (Å²) in [6, 6.07) is 1.48. The molecule has 0 aliphatic rings. The van der Waals surface area contributed by atoms with Gasteiger partial charge in [0.25, 0.3) is 5.56 Å². The van der Waals surface area contributed by atoms with E-state index in [0.717, 1.165) is 15.8 Å². The van der Waals surface area contributed by atoms with Gasteiger partial charge in [0.15, 0.2) is 0 Å². The molecule has 0 bridgehead atoms. The van der Waals surface area contributed by atoms with E-state index < -0.39 is 0 Å². The Bertz CT molecular complexity index is 738. The van der Waals surface area contributed by atoms with Crippen LogP contribution >= 0.6 is 0 Å². The second-order valence-electron chi connectivity index (χ2n) is 4.86. The molecule has 0 aromatic carbocycles. The minimum absolute atomic E-state index is 0.289. The molecule has 0 aliphatic heterocycles. The first-order chi connectivity index (χ1) is 9.41. The lowest BCUT2D eigenvalue weighted by Crippen LogP contribution is -2.39. The molecule has 0 radical (unpaired) electrons. The van der Waals surface area contributed by atoms with Gasteiger partial charge < -0.3 is 5.32 Å². The fraction of sp³-hybridized carbons (Fsp3) is 0.462. The summed E-state index contributed by atoms with van der Waals surface area (Å²) < 4.78 is 4.38. The van der Waals surface area contributed by atoms with E-state index >= 15 is 0 Å². The van der Waals surface area contributed by atoms with Crippen LogP contribution in [-0.2, 0) is 34.2 Å². The maximum absolute atomic E-state index is 11.8. The third kappa shape index (κ3) is 2.57. The van der Waals surface area contributed by atoms with Gasteiger partial charge in [-0.05, 0) is 6.92 Å². The zero-order valence-corrected chi connectivity index (χ0v) is 12.2. The number of nitrogens with one attached hydrogen (secondary N) is 1. The molecule has 108 valence electrons. The number of rotatable bonds is 4. The van der Waals surface area contributed by atoms with Crippen LogP contribution in [0, 0.1) is 6.92 Å². The molecule has 2 heterocycles. The van der Waals surface area contributed by atoms with Crippen molar-refractivity contribution in [3.05, 3.63) is 50.1 Å². The largest absolute Gasteiger partial charge is 0.330 e. The molecule has 0 unspecified atom stereocenters. The molecule has 2 rings (SSSR count). The van der Waals surface area contributed by atoms with E-state index in [4.69, 9.17) is 0 Å². The fourth-order valence-corrected chi connectivity index (χ4v) is 1.99. The Balaban J connectivity index is 2.11. The van der Waals surface area contributed by atoms with E-state index in [-0.39, 0.29) is 11.2 Å². The van der Waals surface area contributed by atoms with E-state index in [1.807, 2.05) is 24.9 Å². The van der Waals surface area contributed by atoms with Gasteiger partial charge in [-0.25, -0.2) is 4.79 Å². The van der Waals surface area contributed by atoms with Gasteiger partial charge in [0, 0.05) is 57.3 Å². The molecule has 0 saturated carbocycles.